The van der Waals surface area contributed by atoms with Gasteiger partial charge in [-0.2, -0.15) is 0 Å². The van der Waals surface area contributed by atoms with Gasteiger partial charge in [-0.15, -0.1) is 0 Å². The van der Waals surface area contributed by atoms with Gasteiger partial charge in [-0.25, -0.2) is 0 Å². The fraction of sp³-hybridized carbons (Fsp3) is 0.600. The van der Waals surface area contributed by atoms with Crippen molar-refractivity contribution in [3.8, 4) is 5.75 Å². The molecule has 2 bridgehead atoms. The molecule has 1 fully saturated rings. The summed E-state index contributed by atoms with van der Waals surface area (Å²) in [6, 6.07) is 6.67. The number of nitrogens with one attached hydrogen (secondary N) is 1. The van der Waals surface area contributed by atoms with Crippen LogP contribution in [0.2, 0.25) is 0 Å². The van der Waals surface area contributed by atoms with E-state index >= 15 is 0 Å². The van der Waals surface area contributed by atoms with Crippen molar-refractivity contribution in [2.75, 3.05) is 13.1 Å². The molecule has 92 valence electrons. The molecule has 1 aliphatic carbocycles. The molecule has 0 radical (unpaired) electrons. The molecule has 0 aromatic heterocycles. The zero-order valence-electron chi connectivity index (χ0n) is 10.7. The minimum Gasteiger partial charge on any atom is -0.491 e. The molecule has 1 N–H and O–H groups in total. The van der Waals surface area contributed by atoms with Gasteiger partial charge >= 0.3 is 0 Å². The summed E-state index contributed by atoms with van der Waals surface area (Å²) in [5.41, 5.74) is 3.07. The fourth-order valence-electron chi connectivity index (χ4n) is 3.22. The molecule has 3 rings (SSSR count). The van der Waals surface area contributed by atoms with Crippen molar-refractivity contribution in [1.29, 1.82) is 0 Å². The molecule has 0 spiro atoms. The number of piperidine rings is 1. The first-order valence-electron chi connectivity index (χ1n) is 6.72. The third-order valence-electron chi connectivity index (χ3n) is 3.88. The van der Waals surface area contributed by atoms with Crippen LogP contribution < -0.4 is 10.1 Å². The topological polar surface area (TPSA) is 21.3 Å². The van der Waals surface area contributed by atoms with E-state index in [1.807, 2.05) is 0 Å². The second kappa shape index (κ2) is 4.34. The van der Waals surface area contributed by atoms with Crippen LogP contribution in [-0.4, -0.2) is 19.2 Å². The van der Waals surface area contributed by atoms with Crippen molar-refractivity contribution >= 4 is 0 Å². The van der Waals surface area contributed by atoms with E-state index in [1.54, 1.807) is 5.56 Å². The number of fused-ring (bicyclic) bond motifs is 4. The maximum absolute atomic E-state index is 5.80. The summed E-state index contributed by atoms with van der Waals surface area (Å²) in [4.78, 5) is 0. The summed E-state index contributed by atoms with van der Waals surface area (Å²) in [5, 5.41) is 3.55. The lowest BCUT2D eigenvalue weighted by Gasteiger charge is -2.37. The van der Waals surface area contributed by atoms with Crippen molar-refractivity contribution in [2.24, 2.45) is 5.92 Å². The Balaban J connectivity index is 1.91. The largest absolute Gasteiger partial charge is 0.491 e. The van der Waals surface area contributed by atoms with E-state index in [-0.39, 0.29) is 6.10 Å². The first kappa shape index (κ1) is 11.1. The number of hydrogen-bond donors (Lipinski definition) is 1. The van der Waals surface area contributed by atoms with Gasteiger partial charge in [0, 0.05) is 6.54 Å². The predicted molar refractivity (Wildman–Crippen MR) is 69.6 cm³/mol. The SMILES string of the molecule is CC(C)Oc1ccc2c(c1)C1CNCC(C2)C1. The van der Waals surface area contributed by atoms with E-state index in [0.29, 0.717) is 5.92 Å². The molecule has 2 atom stereocenters. The summed E-state index contributed by atoms with van der Waals surface area (Å²) in [6.45, 7) is 6.49. The Kier molecular flexibility index (Phi) is 2.83. The summed E-state index contributed by atoms with van der Waals surface area (Å²) >= 11 is 0. The number of ether oxygens (including phenoxy) is 1. The highest BCUT2D eigenvalue weighted by Gasteiger charge is 2.30. The van der Waals surface area contributed by atoms with E-state index < -0.39 is 0 Å². The molecular weight excluding hydrogens is 210 g/mol. The van der Waals surface area contributed by atoms with Crippen LogP contribution in [0.5, 0.6) is 5.75 Å². The van der Waals surface area contributed by atoms with Crippen molar-refractivity contribution in [2.45, 2.75) is 38.7 Å². The second-order valence-corrected chi connectivity index (χ2v) is 5.69. The fourth-order valence-corrected chi connectivity index (χ4v) is 3.22. The average molecular weight is 231 g/mol. The lowest BCUT2D eigenvalue weighted by Crippen LogP contribution is -2.39. The molecule has 0 saturated carbocycles. The van der Waals surface area contributed by atoms with Crippen LogP contribution in [0, 0.1) is 5.92 Å². The van der Waals surface area contributed by atoms with Gasteiger partial charge in [-0.1, -0.05) is 6.07 Å². The van der Waals surface area contributed by atoms with Crippen LogP contribution in [0.25, 0.3) is 0 Å². The zero-order valence-corrected chi connectivity index (χ0v) is 10.7. The van der Waals surface area contributed by atoms with Crippen molar-refractivity contribution in [3.05, 3.63) is 29.3 Å². The molecule has 0 amide bonds. The van der Waals surface area contributed by atoms with Crippen LogP contribution in [0.1, 0.15) is 37.3 Å². The van der Waals surface area contributed by atoms with Crippen molar-refractivity contribution in [1.82, 2.24) is 5.32 Å². The smallest absolute Gasteiger partial charge is 0.119 e. The van der Waals surface area contributed by atoms with E-state index in [4.69, 9.17) is 4.74 Å². The molecule has 1 heterocycles. The summed E-state index contributed by atoms with van der Waals surface area (Å²) < 4.78 is 5.80. The Morgan fingerprint density at radius 1 is 1.29 bits per heavy atom. The van der Waals surface area contributed by atoms with Crippen LogP contribution >= 0.6 is 0 Å². The van der Waals surface area contributed by atoms with Gasteiger partial charge in [0.25, 0.3) is 0 Å². The van der Waals surface area contributed by atoms with E-state index in [1.165, 1.54) is 24.9 Å². The van der Waals surface area contributed by atoms with Gasteiger partial charge in [0.1, 0.15) is 5.75 Å². The van der Waals surface area contributed by atoms with Gasteiger partial charge in [-0.05, 0) is 68.3 Å². The Morgan fingerprint density at radius 2 is 2.18 bits per heavy atom. The lowest BCUT2D eigenvalue weighted by atomic mass is 9.74. The number of benzene rings is 1. The summed E-state index contributed by atoms with van der Waals surface area (Å²) in [6.07, 6.45) is 2.85. The lowest BCUT2D eigenvalue weighted by molar-refractivity contribution is 0.241. The summed E-state index contributed by atoms with van der Waals surface area (Å²) in [7, 11) is 0. The van der Waals surface area contributed by atoms with E-state index in [0.717, 1.165) is 18.2 Å². The maximum Gasteiger partial charge on any atom is 0.119 e. The first-order chi connectivity index (χ1) is 8.22. The minimum absolute atomic E-state index is 0.258. The first-order valence-corrected chi connectivity index (χ1v) is 6.72. The van der Waals surface area contributed by atoms with Crippen LogP contribution in [0.3, 0.4) is 0 Å². The molecule has 2 unspecified atom stereocenters. The Morgan fingerprint density at radius 3 is 3.00 bits per heavy atom. The average Bonchev–Trinajstić information content (AvgIpc) is 2.30. The van der Waals surface area contributed by atoms with Gasteiger partial charge in [0.2, 0.25) is 0 Å². The van der Waals surface area contributed by atoms with E-state index in [2.05, 4.69) is 37.4 Å². The monoisotopic (exact) mass is 231 g/mol. The third kappa shape index (κ3) is 2.19. The van der Waals surface area contributed by atoms with Crippen LogP contribution in [-0.2, 0) is 6.42 Å². The maximum atomic E-state index is 5.80. The van der Waals surface area contributed by atoms with Gasteiger partial charge in [0.15, 0.2) is 0 Å². The quantitative estimate of drug-likeness (QED) is 0.845. The molecule has 1 aliphatic heterocycles. The molecule has 2 nitrogen and oxygen atoms in total. The highest BCUT2D eigenvalue weighted by atomic mass is 16.5. The molecule has 1 saturated heterocycles. The molecule has 2 aliphatic rings. The summed E-state index contributed by atoms with van der Waals surface area (Å²) in [5.74, 6) is 2.58. The molecule has 1 aromatic rings. The molecular formula is C15H21NO. The molecule has 17 heavy (non-hydrogen) atoms. The molecule has 1 aromatic carbocycles. The van der Waals surface area contributed by atoms with Crippen LogP contribution in [0.4, 0.5) is 0 Å². The highest BCUT2D eigenvalue weighted by molar-refractivity contribution is 5.40. The minimum atomic E-state index is 0.258. The normalized spacial score (nSPS) is 26.8. The second-order valence-electron chi connectivity index (χ2n) is 5.69. The highest BCUT2D eigenvalue weighted by Crippen LogP contribution is 2.38. The van der Waals surface area contributed by atoms with Crippen molar-refractivity contribution in [3.63, 3.8) is 0 Å². The Labute approximate surface area is 103 Å². The zero-order chi connectivity index (χ0) is 11.8. The Hall–Kier alpha value is -1.02. The molecule has 2 heteroatoms. The number of rotatable bonds is 2. The van der Waals surface area contributed by atoms with Gasteiger partial charge in [0.05, 0.1) is 6.10 Å². The van der Waals surface area contributed by atoms with E-state index in [9.17, 15) is 0 Å². The van der Waals surface area contributed by atoms with Crippen molar-refractivity contribution < 1.29 is 4.74 Å². The van der Waals surface area contributed by atoms with Crippen LogP contribution in [0.15, 0.2) is 18.2 Å². The van der Waals surface area contributed by atoms with Gasteiger partial charge < -0.3 is 10.1 Å². The third-order valence-corrected chi connectivity index (χ3v) is 3.88. The standard InChI is InChI=1S/C15H21NO/c1-10(2)17-14-4-3-12-5-11-6-13(9-16-8-11)15(12)7-14/h3-4,7,10-11,13,16H,5-6,8-9H2,1-2H3. The van der Waals surface area contributed by atoms with Gasteiger partial charge in [-0.3, -0.25) is 0 Å². The number of hydrogen-bond acceptors (Lipinski definition) is 2. The predicted octanol–water partition coefficient (Wildman–Crippen LogP) is 2.72. The Bertz CT molecular complexity index is 413.